The maximum Gasteiger partial charge on any atom is 0.171 e. The van der Waals surface area contributed by atoms with Gasteiger partial charge in [0, 0.05) is 0 Å². The number of rotatable bonds is 0. The van der Waals surface area contributed by atoms with Crippen LogP contribution in [0.3, 0.4) is 0 Å². The van der Waals surface area contributed by atoms with Gasteiger partial charge in [0.25, 0.3) is 0 Å². The smallest absolute Gasteiger partial charge is 0.171 e. The lowest BCUT2D eigenvalue weighted by Gasteiger charge is -2.02. The Morgan fingerprint density at radius 3 is 2.62 bits per heavy atom. The summed E-state index contributed by atoms with van der Waals surface area (Å²) in [6.45, 7) is 0. The maximum atomic E-state index is 12.3. The van der Waals surface area contributed by atoms with E-state index in [4.69, 9.17) is 7.85 Å². The summed E-state index contributed by atoms with van der Waals surface area (Å²) in [5.41, 5.74) is 2.15. The highest BCUT2D eigenvalue weighted by Gasteiger charge is 2.10. The Kier molecular flexibility index (Phi) is 2.17. The molecular weight excluding hydrogens is 216 g/mol. The molecule has 0 amide bonds. The second kappa shape index (κ2) is 3.55. The number of fused-ring (bicyclic) bond motifs is 2. The first-order valence-corrected chi connectivity index (χ1v) is 6.19. The predicted octanol–water partition coefficient (Wildman–Crippen LogP) is 1.57. The molecule has 0 spiro atoms. The summed E-state index contributed by atoms with van der Waals surface area (Å²) in [6, 6.07) is 12.8. The van der Waals surface area contributed by atoms with Crippen molar-refractivity contribution in [3.05, 3.63) is 42.5 Å². The average Bonchev–Trinajstić information content (AvgIpc) is 2.29. The van der Waals surface area contributed by atoms with Crippen molar-refractivity contribution in [2.75, 3.05) is 0 Å². The molecule has 0 N–H and O–H groups in total. The monoisotopic (exact) mass is 223 g/mol. The van der Waals surface area contributed by atoms with Gasteiger partial charge in [-0.25, -0.2) is 4.98 Å². The molecule has 3 rings (SSSR count). The minimum atomic E-state index is -1.54. The zero-order chi connectivity index (χ0) is 11.1. The Bertz CT molecular complexity index is 699. The van der Waals surface area contributed by atoms with E-state index in [1.165, 1.54) is 0 Å². The van der Waals surface area contributed by atoms with Gasteiger partial charge in [0.15, 0.2) is 10.2 Å². The zero-order valence-corrected chi connectivity index (χ0v) is 9.32. The Labute approximate surface area is 95.1 Å². The van der Waals surface area contributed by atoms with Crippen LogP contribution in [0.2, 0.25) is 0 Å². The first kappa shape index (κ1) is 9.77. The number of para-hydroxylation sites is 1. The second-order valence-electron chi connectivity index (χ2n) is 3.64. The van der Waals surface area contributed by atoms with E-state index in [1.807, 2.05) is 24.3 Å². The van der Waals surface area contributed by atoms with Crippen molar-refractivity contribution >= 4 is 42.3 Å². The van der Waals surface area contributed by atoms with Gasteiger partial charge in [-0.3, -0.25) is 0 Å². The fourth-order valence-electron chi connectivity index (χ4n) is 1.79. The van der Waals surface area contributed by atoms with Crippen molar-refractivity contribution in [1.82, 2.24) is 4.98 Å². The van der Waals surface area contributed by atoms with E-state index in [0.717, 1.165) is 21.3 Å². The van der Waals surface area contributed by atoms with Gasteiger partial charge in [0.1, 0.15) is 26.6 Å². The quantitative estimate of drug-likeness (QED) is 0.428. The van der Waals surface area contributed by atoms with Crippen molar-refractivity contribution in [1.29, 1.82) is 0 Å². The van der Waals surface area contributed by atoms with Gasteiger partial charge < -0.3 is 4.89 Å². The lowest BCUT2D eigenvalue weighted by molar-refractivity contribution is -0.148. The van der Waals surface area contributed by atoms with E-state index in [9.17, 15) is 4.89 Å². The van der Waals surface area contributed by atoms with Gasteiger partial charge in [-0.15, -0.1) is 0 Å². The van der Waals surface area contributed by atoms with Crippen LogP contribution in [0.25, 0.3) is 21.3 Å². The minimum absolute atomic E-state index is 0.644. The van der Waals surface area contributed by atoms with E-state index in [0.29, 0.717) is 5.46 Å². The molecule has 0 aliphatic heterocycles. The van der Waals surface area contributed by atoms with E-state index in [1.54, 1.807) is 18.2 Å². The van der Waals surface area contributed by atoms with Crippen LogP contribution >= 0.6 is 7.76 Å². The van der Waals surface area contributed by atoms with Gasteiger partial charge in [-0.1, -0.05) is 23.7 Å². The lowest BCUT2D eigenvalue weighted by Crippen LogP contribution is -2.01. The highest BCUT2D eigenvalue weighted by molar-refractivity contribution is 7.53. The van der Waals surface area contributed by atoms with E-state index in [2.05, 4.69) is 4.98 Å². The fraction of sp³-hybridized carbons (Fsp3) is 0. The van der Waals surface area contributed by atoms with Crippen LogP contribution in [0.5, 0.6) is 0 Å². The molecule has 0 bridgehead atoms. The molecule has 0 aliphatic rings. The number of benzene rings is 2. The van der Waals surface area contributed by atoms with Crippen molar-refractivity contribution in [3.63, 3.8) is 0 Å². The number of nitrogens with zero attached hydrogens (tertiary/aromatic N) is 1. The Morgan fingerprint density at radius 1 is 1.00 bits per heavy atom. The van der Waals surface area contributed by atoms with Crippen molar-refractivity contribution in [2.45, 2.75) is 0 Å². The topological polar surface area (TPSA) is 36.0 Å². The van der Waals surface area contributed by atoms with Crippen LogP contribution in [-0.2, 0) is 0 Å². The minimum Gasteiger partial charge on any atom is -0.625 e. The first-order chi connectivity index (χ1) is 7.75. The lowest BCUT2D eigenvalue weighted by atomic mass is 9.96. The first-order valence-electron chi connectivity index (χ1n) is 4.93. The molecule has 2 nitrogen and oxygen atoms in total. The van der Waals surface area contributed by atoms with Crippen LogP contribution in [0, 0.1) is 0 Å². The van der Waals surface area contributed by atoms with Crippen molar-refractivity contribution in [2.24, 2.45) is 0 Å². The normalized spacial score (nSPS) is 12.2. The fourth-order valence-corrected chi connectivity index (χ4v) is 3.14. The van der Waals surface area contributed by atoms with Gasteiger partial charge in [0.2, 0.25) is 0 Å². The molecule has 1 aromatic heterocycles. The summed E-state index contributed by atoms with van der Waals surface area (Å²) in [5.74, 6) is 0. The van der Waals surface area contributed by atoms with Crippen LogP contribution in [0.1, 0.15) is 0 Å². The summed E-state index contributed by atoms with van der Waals surface area (Å²) in [4.78, 5) is 16.7. The largest absolute Gasteiger partial charge is 0.625 e. The number of aromatic nitrogens is 1. The van der Waals surface area contributed by atoms with Gasteiger partial charge in [-0.05, 0) is 24.3 Å². The summed E-state index contributed by atoms with van der Waals surface area (Å²) in [6.07, 6.45) is 0. The zero-order valence-electron chi connectivity index (χ0n) is 8.42. The highest BCUT2D eigenvalue weighted by Crippen LogP contribution is 2.36. The average molecular weight is 223 g/mol. The molecule has 1 unspecified atom stereocenters. The Hall–Kier alpha value is -1.44. The Morgan fingerprint density at radius 2 is 1.75 bits per heavy atom. The summed E-state index contributed by atoms with van der Waals surface area (Å²) >= 11 is 0. The summed E-state index contributed by atoms with van der Waals surface area (Å²) < 4.78 is 0. The van der Waals surface area contributed by atoms with Gasteiger partial charge >= 0.3 is 0 Å². The SMILES string of the molecule is [B]c1ccc2c(c1)nc1ccccc1[p+]2[O-]. The van der Waals surface area contributed by atoms with Gasteiger partial charge in [0.05, 0.1) is 0 Å². The molecule has 3 aromatic rings. The number of hydrogen-bond acceptors (Lipinski definition) is 2. The van der Waals surface area contributed by atoms with Crippen LogP contribution in [0.15, 0.2) is 42.5 Å². The van der Waals surface area contributed by atoms with Crippen molar-refractivity contribution in [3.8, 4) is 0 Å². The third-order valence-electron chi connectivity index (χ3n) is 2.56. The third-order valence-corrected chi connectivity index (χ3v) is 4.19. The van der Waals surface area contributed by atoms with E-state index >= 15 is 0 Å². The molecule has 2 radical (unpaired) electrons. The molecule has 0 fully saturated rings. The standard InChI is InChI=1S/C12H7BNOP/c13-8-5-6-12-10(7-8)14-9-3-1-2-4-11(9)16(12)15/h1-7H. The molecule has 0 saturated heterocycles. The highest BCUT2D eigenvalue weighted by atomic mass is 31.1. The van der Waals surface area contributed by atoms with Crippen LogP contribution in [-0.4, -0.2) is 12.8 Å². The van der Waals surface area contributed by atoms with Gasteiger partial charge in [-0.2, -0.15) is 0 Å². The molecule has 0 aliphatic carbocycles. The van der Waals surface area contributed by atoms with Crippen LogP contribution < -0.4 is 10.4 Å². The molecular formula is C12H7BNOP. The summed E-state index contributed by atoms with van der Waals surface area (Å²) in [5, 5.41) is 1.57. The molecule has 74 valence electrons. The molecule has 1 atom stereocenters. The predicted molar refractivity (Wildman–Crippen MR) is 67.2 cm³/mol. The molecule has 0 saturated carbocycles. The van der Waals surface area contributed by atoms with Crippen LogP contribution in [0.4, 0.5) is 0 Å². The molecule has 2 aromatic carbocycles. The maximum absolute atomic E-state index is 12.3. The van der Waals surface area contributed by atoms with E-state index in [-0.39, 0.29) is 0 Å². The molecule has 1 heterocycles. The Balaban J connectivity index is 2.55. The summed E-state index contributed by atoms with van der Waals surface area (Å²) in [7, 11) is 4.16. The number of hydrogen-bond donors (Lipinski definition) is 0. The molecule has 4 heteroatoms. The third kappa shape index (κ3) is 1.41. The van der Waals surface area contributed by atoms with Crippen molar-refractivity contribution < 1.29 is 4.89 Å². The molecule has 16 heavy (non-hydrogen) atoms. The second-order valence-corrected chi connectivity index (χ2v) is 5.20. The van der Waals surface area contributed by atoms with E-state index < -0.39 is 7.76 Å².